The van der Waals surface area contributed by atoms with Crippen molar-refractivity contribution >= 4 is 16.9 Å². The Morgan fingerprint density at radius 3 is 2.79 bits per heavy atom. The molecule has 0 aliphatic heterocycles. The molecule has 0 atom stereocenters. The number of halogens is 1. The summed E-state index contributed by atoms with van der Waals surface area (Å²) in [4.78, 5) is 18.4. The number of aryl methyl sites for hydroxylation is 1. The van der Waals surface area contributed by atoms with Crippen LogP contribution in [0, 0.1) is 12.7 Å². The first-order chi connectivity index (χ1) is 11.5. The number of hydrogen-bond acceptors (Lipinski definition) is 2. The van der Waals surface area contributed by atoms with Gasteiger partial charge in [-0.1, -0.05) is 18.2 Å². The molecule has 3 aromatic rings. The summed E-state index contributed by atoms with van der Waals surface area (Å²) in [5.74, 6) is -0.249. The Morgan fingerprint density at radius 2 is 2.08 bits per heavy atom. The van der Waals surface area contributed by atoms with Crippen molar-refractivity contribution < 1.29 is 9.18 Å². The molecule has 124 valence electrons. The van der Waals surface area contributed by atoms with Crippen LogP contribution in [0.4, 0.5) is 4.39 Å². The van der Waals surface area contributed by atoms with E-state index in [0.717, 1.165) is 16.6 Å². The number of carbonyl (C=O) groups is 1. The fourth-order valence-corrected chi connectivity index (χ4v) is 2.76. The highest BCUT2D eigenvalue weighted by molar-refractivity contribution is 5.86. The second-order valence-electron chi connectivity index (χ2n) is 5.92. The summed E-state index contributed by atoms with van der Waals surface area (Å²) in [5.41, 5.74) is 3.88. The molecule has 5 heteroatoms. The third-order valence-electron chi connectivity index (χ3n) is 4.29. The van der Waals surface area contributed by atoms with E-state index in [-0.39, 0.29) is 18.3 Å². The molecule has 24 heavy (non-hydrogen) atoms. The maximum Gasteiger partial charge on any atom is 0.242 e. The molecule has 1 aromatic carbocycles. The van der Waals surface area contributed by atoms with Crippen molar-refractivity contribution in [2.24, 2.45) is 0 Å². The van der Waals surface area contributed by atoms with E-state index >= 15 is 0 Å². The molecule has 0 fully saturated rings. The van der Waals surface area contributed by atoms with Crippen molar-refractivity contribution in [2.45, 2.75) is 20.4 Å². The van der Waals surface area contributed by atoms with Gasteiger partial charge in [0.05, 0.1) is 11.0 Å². The summed E-state index contributed by atoms with van der Waals surface area (Å²) < 4.78 is 15.9. The number of rotatable bonds is 4. The predicted molar refractivity (Wildman–Crippen MR) is 93.2 cm³/mol. The third-order valence-corrected chi connectivity index (χ3v) is 4.29. The van der Waals surface area contributed by atoms with Crippen molar-refractivity contribution in [2.75, 3.05) is 13.6 Å². The zero-order valence-electron chi connectivity index (χ0n) is 14.1. The number of nitrogens with zero attached hydrogens (tertiary/aromatic N) is 3. The molecule has 0 saturated carbocycles. The van der Waals surface area contributed by atoms with Gasteiger partial charge in [-0.05, 0) is 31.5 Å². The lowest BCUT2D eigenvalue weighted by molar-refractivity contribution is -0.130. The van der Waals surface area contributed by atoms with Crippen molar-refractivity contribution in [3.05, 3.63) is 54.1 Å². The van der Waals surface area contributed by atoms with E-state index in [0.29, 0.717) is 17.7 Å². The summed E-state index contributed by atoms with van der Waals surface area (Å²) in [6.45, 7) is 4.81. The highest BCUT2D eigenvalue weighted by Crippen LogP contribution is 2.27. The van der Waals surface area contributed by atoms with E-state index in [4.69, 9.17) is 0 Å². The standard InChI is InChI=1S/C19H20FN3O/c1-4-22(3)18(24)12-23-11-13(2)19-17(23)9-14(10-21-19)15-7-5-6-8-16(15)20/h5-11H,4,12H2,1-3H3. The van der Waals surface area contributed by atoms with Crippen LogP contribution in [0.2, 0.25) is 0 Å². The van der Waals surface area contributed by atoms with Crippen LogP contribution < -0.4 is 0 Å². The largest absolute Gasteiger partial charge is 0.344 e. The van der Waals surface area contributed by atoms with Gasteiger partial charge in [0.1, 0.15) is 12.4 Å². The molecule has 0 radical (unpaired) electrons. The number of fused-ring (bicyclic) bond motifs is 1. The van der Waals surface area contributed by atoms with Crippen LogP contribution in [-0.4, -0.2) is 34.0 Å². The van der Waals surface area contributed by atoms with E-state index in [2.05, 4.69) is 4.98 Å². The van der Waals surface area contributed by atoms with Gasteiger partial charge in [-0.3, -0.25) is 9.78 Å². The molecular weight excluding hydrogens is 305 g/mol. The minimum atomic E-state index is -0.282. The second-order valence-corrected chi connectivity index (χ2v) is 5.92. The number of hydrogen-bond donors (Lipinski definition) is 0. The van der Waals surface area contributed by atoms with Gasteiger partial charge < -0.3 is 9.47 Å². The molecule has 2 aromatic heterocycles. The van der Waals surface area contributed by atoms with Gasteiger partial charge in [-0.2, -0.15) is 0 Å². The third kappa shape index (κ3) is 2.89. The monoisotopic (exact) mass is 325 g/mol. The number of aromatic nitrogens is 2. The van der Waals surface area contributed by atoms with E-state index in [1.807, 2.05) is 30.7 Å². The van der Waals surface area contributed by atoms with Crippen LogP contribution in [0.5, 0.6) is 0 Å². The van der Waals surface area contributed by atoms with Crippen LogP contribution >= 0.6 is 0 Å². The van der Waals surface area contributed by atoms with Gasteiger partial charge in [0, 0.05) is 37.1 Å². The molecule has 0 spiro atoms. The summed E-state index contributed by atoms with van der Waals surface area (Å²) in [5, 5.41) is 0. The second kappa shape index (κ2) is 6.43. The van der Waals surface area contributed by atoms with E-state index in [1.54, 1.807) is 36.3 Å². The summed E-state index contributed by atoms with van der Waals surface area (Å²) in [6.07, 6.45) is 3.60. The lowest BCUT2D eigenvalue weighted by atomic mass is 10.1. The number of carbonyl (C=O) groups excluding carboxylic acids is 1. The molecule has 0 N–H and O–H groups in total. The lowest BCUT2D eigenvalue weighted by Gasteiger charge is -2.15. The Labute approximate surface area is 140 Å². The van der Waals surface area contributed by atoms with Crippen molar-refractivity contribution in [1.82, 2.24) is 14.5 Å². The molecule has 3 rings (SSSR count). The molecule has 0 aliphatic rings. The molecular formula is C19H20FN3O. The van der Waals surface area contributed by atoms with E-state index < -0.39 is 0 Å². The summed E-state index contributed by atoms with van der Waals surface area (Å²) in [6, 6.07) is 8.52. The van der Waals surface area contributed by atoms with Gasteiger partial charge >= 0.3 is 0 Å². The van der Waals surface area contributed by atoms with Gasteiger partial charge in [-0.25, -0.2) is 4.39 Å². The maximum absolute atomic E-state index is 14.0. The van der Waals surface area contributed by atoms with Crippen molar-refractivity contribution in [3.63, 3.8) is 0 Å². The lowest BCUT2D eigenvalue weighted by Crippen LogP contribution is -2.29. The van der Waals surface area contributed by atoms with Crippen LogP contribution in [0.15, 0.2) is 42.7 Å². The first-order valence-electron chi connectivity index (χ1n) is 7.95. The summed E-state index contributed by atoms with van der Waals surface area (Å²) >= 11 is 0. The van der Waals surface area contributed by atoms with Crippen LogP contribution in [0.1, 0.15) is 12.5 Å². The number of amides is 1. The number of pyridine rings is 1. The Kier molecular flexibility index (Phi) is 4.34. The molecule has 0 saturated heterocycles. The molecule has 0 bridgehead atoms. The van der Waals surface area contributed by atoms with E-state index in [1.165, 1.54) is 6.07 Å². The normalized spacial score (nSPS) is 11.0. The predicted octanol–water partition coefficient (Wildman–Crippen LogP) is 3.63. The zero-order chi connectivity index (χ0) is 17.3. The first kappa shape index (κ1) is 16.2. The van der Waals surface area contributed by atoms with Crippen LogP contribution in [0.3, 0.4) is 0 Å². The molecule has 4 nitrogen and oxygen atoms in total. The molecule has 0 unspecified atom stereocenters. The van der Waals surface area contributed by atoms with Gasteiger partial charge in [-0.15, -0.1) is 0 Å². The van der Waals surface area contributed by atoms with Crippen LogP contribution in [0.25, 0.3) is 22.2 Å². The zero-order valence-corrected chi connectivity index (χ0v) is 14.1. The Balaban J connectivity index is 2.07. The Bertz CT molecular complexity index is 901. The minimum absolute atomic E-state index is 0.0331. The van der Waals surface area contributed by atoms with Crippen LogP contribution in [-0.2, 0) is 11.3 Å². The number of benzene rings is 1. The van der Waals surface area contributed by atoms with Crippen molar-refractivity contribution in [3.8, 4) is 11.1 Å². The molecule has 2 heterocycles. The SMILES string of the molecule is CCN(C)C(=O)Cn1cc(C)c2ncc(-c3ccccc3F)cc21. The average molecular weight is 325 g/mol. The number of likely N-dealkylation sites (N-methyl/N-ethyl adjacent to an activating group) is 1. The average Bonchev–Trinajstić information content (AvgIpc) is 2.89. The smallest absolute Gasteiger partial charge is 0.242 e. The fourth-order valence-electron chi connectivity index (χ4n) is 2.76. The molecule has 1 amide bonds. The van der Waals surface area contributed by atoms with E-state index in [9.17, 15) is 9.18 Å². The summed E-state index contributed by atoms with van der Waals surface area (Å²) in [7, 11) is 1.78. The van der Waals surface area contributed by atoms with Gasteiger partial charge in [0.15, 0.2) is 0 Å². The highest BCUT2D eigenvalue weighted by atomic mass is 19.1. The maximum atomic E-state index is 14.0. The first-order valence-corrected chi connectivity index (χ1v) is 7.95. The Morgan fingerprint density at radius 1 is 1.33 bits per heavy atom. The minimum Gasteiger partial charge on any atom is -0.344 e. The molecule has 0 aliphatic carbocycles. The van der Waals surface area contributed by atoms with Crippen molar-refractivity contribution in [1.29, 1.82) is 0 Å². The fraction of sp³-hybridized carbons (Fsp3) is 0.263. The quantitative estimate of drug-likeness (QED) is 0.735. The Hall–Kier alpha value is -2.69. The van der Waals surface area contributed by atoms with Gasteiger partial charge in [0.25, 0.3) is 0 Å². The van der Waals surface area contributed by atoms with Gasteiger partial charge in [0.2, 0.25) is 5.91 Å². The highest BCUT2D eigenvalue weighted by Gasteiger charge is 2.14. The topological polar surface area (TPSA) is 38.1 Å².